The molecule has 0 saturated carbocycles. The number of carbonyl (C=O) groups excluding carboxylic acids is 1. The number of ether oxygens (including phenoxy) is 1. The Kier molecular flexibility index (Phi) is 3.34. The van der Waals surface area contributed by atoms with Crippen molar-refractivity contribution in [2.24, 2.45) is 5.92 Å². The molecule has 98 valence electrons. The Morgan fingerprint density at radius 2 is 2.50 bits per heavy atom. The lowest BCUT2D eigenvalue weighted by Crippen LogP contribution is -2.50. The fourth-order valence-corrected chi connectivity index (χ4v) is 2.70. The molecule has 1 amide bonds. The highest BCUT2D eigenvalue weighted by atomic mass is 16.5. The molecular formula is C13H18N2O3. The Labute approximate surface area is 106 Å². The summed E-state index contributed by atoms with van der Waals surface area (Å²) in [4.78, 5) is 12.0. The van der Waals surface area contributed by atoms with E-state index in [1.165, 1.54) is 0 Å². The molecule has 0 aliphatic carbocycles. The first-order valence-corrected chi connectivity index (χ1v) is 6.48. The number of amides is 1. The van der Waals surface area contributed by atoms with Gasteiger partial charge in [0.1, 0.15) is 5.76 Å². The van der Waals surface area contributed by atoms with Gasteiger partial charge in [-0.2, -0.15) is 0 Å². The summed E-state index contributed by atoms with van der Waals surface area (Å²) in [5.41, 5.74) is 0. The SMILES string of the molecule is O=C(NCc1ccco1)[C@@H]1CN[C@@H]2CCO[C@@H]2C1. The monoisotopic (exact) mass is 250 g/mol. The molecule has 3 heterocycles. The van der Waals surface area contributed by atoms with Crippen molar-refractivity contribution < 1.29 is 13.9 Å². The summed E-state index contributed by atoms with van der Waals surface area (Å²) < 4.78 is 10.8. The molecule has 2 N–H and O–H groups in total. The van der Waals surface area contributed by atoms with E-state index in [-0.39, 0.29) is 17.9 Å². The van der Waals surface area contributed by atoms with Crippen molar-refractivity contribution in [3.63, 3.8) is 0 Å². The molecule has 3 atom stereocenters. The summed E-state index contributed by atoms with van der Waals surface area (Å²) in [6.07, 6.45) is 3.70. The van der Waals surface area contributed by atoms with Crippen LogP contribution in [0, 0.1) is 5.92 Å². The smallest absolute Gasteiger partial charge is 0.224 e. The highest BCUT2D eigenvalue weighted by Crippen LogP contribution is 2.25. The highest BCUT2D eigenvalue weighted by molar-refractivity contribution is 5.79. The van der Waals surface area contributed by atoms with Crippen molar-refractivity contribution in [2.45, 2.75) is 31.5 Å². The zero-order valence-electron chi connectivity index (χ0n) is 10.2. The van der Waals surface area contributed by atoms with Gasteiger partial charge in [-0.25, -0.2) is 0 Å². The maximum atomic E-state index is 12.0. The van der Waals surface area contributed by atoms with Crippen LogP contribution in [0.3, 0.4) is 0 Å². The lowest BCUT2D eigenvalue weighted by molar-refractivity contribution is -0.127. The summed E-state index contributed by atoms with van der Waals surface area (Å²) in [7, 11) is 0. The number of furan rings is 1. The Bertz CT molecular complexity index is 404. The fourth-order valence-electron chi connectivity index (χ4n) is 2.70. The lowest BCUT2D eigenvalue weighted by Gasteiger charge is -2.31. The normalized spacial score (nSPS) is 31.0. The highest BCUT2D eigenvalue weighted by Gasteiger charge is 2.37. The van der Waals surface area contributed by atoms with E-state index in [9.17, 15) is 4.79 Å². The van der Waals surface area contributed by atoms with Crippen molar-refractivity contribution in [2.75, 3.05) is 13.2 Å². The van der Waals surface area contributed by atoms with E-state index >= 15 is 0 Å². The molecule has 0 spiro atoms. The van der Waals surface area contributed by atoms with Gasteiger partial charge in [0.05, 0.1) is 24.8 Å². The van der Waals surface area contributed by atoms with E-state index in [0.717, 1.165) is 31.8 Å². The van der Waals surface area contributed by atoms with Crippen LogP contribution in [0.1, 0.15) is 18.6 Å². The van der Waals surface area contributed by atoms with Crippen molar-refractivity contribution in [3.8, 4) is 0 Å². The maximum absolute atomic E-state index is 12.0. The Hall–Kier alpha value is -1.33. The van der Waals surface area contributed by atoms with Crippen LogP contribution < -0.4 is 10.6 Å². The molecule has 18 heavy (non-hydrogen) atoms. The Balaban J connectivity index is 1.50. The summed E-state index contributed by atoms with van der Waals surface area (Å²) in [6.45, 7) is 2.01. The fraction of sp³-hybridized carbons (Fsp3) is 0.615. The van der Waals surface area contributed by atoms with Gasteiger partial charge in [0.25, 0.3) is 0 Å². The van der Waals surface area contributed by atoms with Crippen LogP contribution in [0.2, 0.25) is 0 Å². The van der Waals surface area contributed by atoms with E-state index < -0.39 is 0 Å². The first kappa shape index (κ1) is 11.7. The lowest BCUT2D eigenvalue weighted by atomic mass is 9.91. The molecule has 2 fully saturated rings. The van der Waals surface area contributed by atoms with Crippen LogP contribution in [-0.4, -0.2) is 31.2 Å². The second kappa shape index (κ2) is 5.12. The summed E-state index contributed by atoms with van der Waals surface area (Å²) >= 11 is 0. The van der Waals surface area contributed by atoms with Crippen molar-refractivity contribution in [3.05, 3.63) is 24.2 Å². The summed E-state index contributed by atoms with van der Waals surface area (Å²) in [5, 5.41) is 6.30. The number of hydrogen-bond acceptors (Lipinski definition) is 4. The van der Waals surface area contributed by atoms with Crippen LogP contribution in [0.4, 0.5) is 0 Å². The predicted octanol–water partition coefficient (Wildman–Crippen LogP) is 0.663. The van der Waals surface area contributed by atoms with Gasteiger partial charge < -0.3 is 19.8 Å². The first-order valence-electron chi connectivity index (χ1n) is 6.48. The minimum Gasteiger partial charge on any atom is -0.467 e. The number of nitrogens with one attached hydrogen (secondary N) is 2. The van der Waals surface area contributed by atoms with Gasteiger partial charge in [0, 0.05) is 19.2 Å². The van der Waals surface area contributed by atoms with E-state index in [0.29, 0.717) is 12.6 Å². The van der Waals surface area contributed by atoms with Crippen LogP contribution in [0.25, 0.3) is 0 Å². The van der Waals surface area contributed by atoms with E-state index in [2.05, 4.69) is 10.6 Å². The zero-order chi connectivity index (χ0) is 12.4. The standard InChI is InChI=1S/C13H18N2O3/c16-13(15-8-10-2-1-4-17-10)9-6-12-11(14-7-9)3-5-18-12/h1-2,4,9,11-12,14H,3,5-8H2,(H,15,16)/t9-,11+,12+/m0/s1. The molecule has 2 saturated heterocycles. The molecule has 0 aromatic carbocycles. The molecule has 5 nitrogen and oxygen atoms in total. The van der Waals surface area contributed by atoms with Gasteiger partial charge in [-0.3, -0.25) is 4.79 Å². The molecule has 0 bridgehead atoms. The second-order valence-corrected chi connectivity index (χ2v) is 4.94. The van der Waals surface area contributed by atoms with Gasteiger partial charge in [0.2, 0.25) is 5.91 Å². The van der Waals surface area contributed by atoms with Gasteiger partial charge in [-0.1, -0.05) is 0 Å². The molecule has 3 rings (SSSR count). The average Bonchev–Trinajstić information content (AvgIpc) is 3.05. The number of hydrogen-bond donors (Lipinski definition) is 2. The van der Waals surface area contributed by atoms with Gasteiger partial charge >= 0.3 is 0 Å². The van der Waals surface area contributed by atoms with E-state index in [1.807, 2.05) is 12.1 Å². The average molecular weight is 250 g/mol. The molecule has 5 heteroatoms. The Morgan fingerprint density at radius 1 is 1.56 bits per heavy atom. The Morgan fingerprint density at radius 3 is 3.33 bits per heavy atom. The summed E-state index contributed by atoms with van der Waals surface area (Å²) in [6, 6.07) is 4.12. The molecular weight excluding hydrogens is 232 g/mol. The van der Waals surface area contributed by atoms with Gasteiger partial charge in [0.15, 0.2) is 0 Å². The van der Waals surface area contributed by atoms with Crippen LogP contribution in [0.5, 0.6) is 0 Å². The molecule has 0 radical (unpaired) electrons. The predicted molar refractivity (Wildman–Crippen MR) is 64.8 cm³/mol. The minimum atomic E-state index is -0.000637. The molecule has 2 aliphatic rings. The van der Waals surface area contributed by atoms with Gasteiger partial charge in [-0.15, -0.1) is 0 Å². The quantitative estimate of drug-likeness (QED) is 0.827. The van der Waals surface area contributed by atoms with Gasteiger partial charge in [-0.05, 0) is 25.0 Å². The first-order chi connectivity index (χ1) is 8.83. The maximum Gasteiger partial charge on any atom is 0.224 e. The number of carbonyl (C=O) groups is 1. The number of fused-ring (bicyclic) bond motifs is 1. The minimum absolute atomic E-state index is 0.000637. The van der Waals surface area contributed by atoms with E-state index in [1.54, 1.807) is 6.26 Å². The number of piperidine rings is 1. The molecule has 0 unspecified atom stereocenters. The van der Waals surface area contributed by atoms with E-state index in [4.69, 9.17) is 9.15 Å². The third-order valence-corrected chi connectivity index (χ3v) is 3.74. The second-order valence-electron chi connectivity index (χ2n) is 4.94. The number of rotatable bonds is 3. The van der Waals surface area contributed by atoms with Crippen molar-refractivity contribution in [1.29, 1.82) is 0 Å². The van der Waals surface area contributed by atoms with Crippen LogP contribution in [-0.2, 0) is 16.1 Å². The summed E-state index contributed by atoms with van der Waals surface area (Å²) in [5.74, 6) is 0.856. The third-order valence-electron chi connectivity index (χ3n) is 3.74. The van der Waals surface area contributed by atoms with Crippen LogP contribution in [0.15, 0.2) is 22.8 Å². The van der Waals surface area contributed by atoms with Crippen molar-refractivity contribution >= 4 is 5.91 Å². The zero-order valence-corrected chi connectivity index (χ0v) is 10.2. The molecule has 1 aromatic rings. The largest absolute Gasteiger partial charge is 0.467 e. The van der Waals surface area contributed by atoms with Crippen LogP contribution >= 0.6 is 0 Å². The molecule has 1 aromatic heterocycles. The molecule has 2 aliphatic heterocycles. The third kappa shape index (κ3) is 2.42. The van der Waals surface area contributed by atoms with Crippen molar-refractivity contribution in [1.82, 2.24) is 10.6 Å². The topological polar surface area (TPSA) is 63.5 Å².